The van der Waals surface area contributed by atoms with Crippen LogP contribution in [-0.4, -0.2) is 9.78 Å². The van der Waals surface area contributed by atoms with Crippen LogP contribution >= 0.6 is 0 Å². The first-order valence-electron chi connectivity index (χ1n) is 6.79. The first-order chi connectivity index (χ1) is 9.31. The Morgan fingerprint density at radius 1 is 1.16 bits per heavy atom. The van der Waals surface area contributed by atoms with Crippen LogP contribution in [0.5, 0.6) is 11.5 Å². The summed E-state index contributed by atoms with van der Waals surface area (Å²) in [6, 6.07) is 6.63. The van der Waals surface area contributed by atoms with Crippen molar-refractivity contribution in [1.29, 1.82) is 0 Å². The number of aromatic nitrogens is 2. The second-order valence-corrected chi connectivity index (χ2v) is 5.01. The van der Waals surface area contributed by atoms with Crippen molar-refractivity contribution in [3.63, 3.8) is 0 Å². The average molecular weight is 260 g/mol. The molecule has 0 atom stereocenters. The summed E-state index contributed by atoms with van der Waals surface area (Å²) in [6.45, 7) is 0. The van der Waals surface area contributed by atoms with Gasteiger partial charge >= 0.3 is 0 Å². The molecule has 0 spiro atoms. The van der Waals surface area contributed by atoms with Crippen LogP contribution in [-0.2, 0) is 0 Å². The normalized spacial score (nSPS) is 16.5. The highest BCUT2D eigenvalue weighted by Crippen LogP contribution is 2.29. The Balaban J connectivity index is 1.70. The lowest BCUT2D eigenvalue weighted by molar-refractivity contribution is 0.328. The molecule has 1 fully saturated rings. The highest BCUT2D eigenvalue weighted by molar-refractivity contribution is 5.28. The van der Waals surface area contributed by atoms with Crippen molar-refractivity contribution in [3.8, 4) is 11.5 Å². The molecule has 0 N–H and O–H groups in total. The van der Waals surface area contributed by atoms with Crippen molar-refractivity contribution in [2.24, 2.45) is 0 Å². The monoisotopic (exact) mass is 260 g/mol. The molecule has 1 aromatic carbocycles. The molecule has 0 bridgehead atoms. The number of benzene rings is 1. The summed E-state index contributed by atoms with van der Waals surface area (Å²) in [4.78, 5) is 0. The van der Waals surface area contributed by atoms with Crippen molar-refractivity contribution < 1.29 is 9.13 Å². The van der Waals surface area contributed by atoms with Crippen LogP contribution in [0.1, 0.15) is 38.1 Å². The molecule has 3 nitrogen and oxygen atoms in total. The highest BCUT2D eigenvalue weighted by atomic mass is 19.1. The van der Waals surface area contributed by atoms with Gasteiger partial charge in [-0.2, -0.15) is 5.10 Å². The third-order valence-corrected chi connectivity index (χ3v) is 3.56. The lowest BCUT2D eigenvalue weighted by atomic mass is 9.96. The van der Waals surface area contributed by atoms with Gasteiger partial charge in [0.05, 0.1) is 18.4 Å². The Kier molecular flexibility index (Phi) is 3.49. The van der Waals surface area contributed by atoms with E-state index in [1.807, 2.05) is 10.9 Å². The molecular weight excluding hydrogens is 243 g/mol. The van der Waals surface area contributed by atoms with Crippen molar-refractivity contribution in [2.45, 2.75) is 38.1 Å². The largest absolute Gasteiger partial charge is 0.454 e. The third kappa shape index (κ3) is 2.95. The molecule has 0 unspecified atom stereocenters. The Hall–Kier alpha value is -1.84. The smallest absolute Gasteiger partial charge is 0.165 e. The van der Waals surface area contributed by atoms with Crippen LogP contribution < -0.4 is 4.74 Å². The fourth-order valence-corrected chi connectivity index (χ4v) is 2.59. The van der Waals surface area contributed by atoms with E-state index in [2.05, 4.69) is 5.10 Å². The molecule has 0 amide bonds. The molecule has 100 valence electrons. The molecule has 3 rings (SSSR count). The summed E-state index contributed by atoms with van der Waals surface area (Å²) >= 11 is 0. The second kappa shape index (κ2) is 5.43. The van der Waals surface area contributed by atoms with Gasteiger partial charge in [0.15, 0.2) is 5.75 Å². The molecule has 1 aliphatic carbocycles. The van der Waals surface area contributed by atoms with E-state index in [1.54, 1.807) is 18.3 Å². The predicted molar refractivity (Wildman–Crippen MR) is 70.8 cm³/mol. The highest BCUT2D eigenvalue weighted by Gasteiger charge is 2.16. The number of ether oxygens (including phenoxy) is 1. The van der Waals surface area contributed by atoms with Crippen LogP contribution in [0.3, 0.4) is 0 Å². The van der Waals surface area contributed by atoms with E-state index >= 15 is 0 Å². The molecule has 1 aliphatic rings. The van der Waals surface area contributed by atoms with Crippen molar-refractivity contribution >= 4 is 0 Å². The van der Waals surface area contributed by atoms with Crippen LogP contribution in [0, 0.1) is 5.82 Å². The number of hydrogen-bond donors (Lipinski definition) is 0. The van der Waals surface area contributed by atoms with Crippen molar-refractivity contribution in [1.82, 2.24) is 9.78 Å². The van der Waals surface area contributed by atoms with Crippen molar-refractivity contribution in [2.75, 3.05) is 0 Å². The first kappa shape index (κ1) is 12.2. The maximum atomic E-state index is 13.1. The van der Waals surface area contributed by atoms with E-state index in [-0.39, 0.29) is 5.82 Å². The molecule has 1 saturated carbocycles. The Bertz CT molecular complexity index is 547. The van der Waals surface area contributed by atoms with Gasteiger partial charge in [-0.1, -0.05) is 25.3 Å². The zero-order valence-electron chi connectivity index (χ0n) is 10.8. The Morgan fingerprint density at radius 2 is 2.00 bits per heavy atom. The third-order valence-electron chi connectivity index (χ3n) is 3.56. The standard InChI is InChI=1S/C15H17FN2O/c16-12-5-4-8-14(9-12)19-15-10-17-18(11-15)13-6-2-1-3-7-13/h4-5,8-11,13H,1-3,6-7H2. The number of nitrogens with zero attached hydrogens (tertiary/aromatic N) is 2. The molecule has 0 saturated heterocycles. The van der Waals surface area contributed by atoms with Gasteiger partial charge in [0.1, 0.15) is 11.6 Å². The fraction of sp³-hybridized carbons (Fsp3) is 0.400. The molecule has 19 heavy (non-hydrogen) atoms. The van der Waals surface area contributed by atoms with Gasteiger partial charge in [0, 0.05) is 6.07 Å². The quantitative estimate of drug-likeness (QED) is 0.821. The minimum atomic E-state index is -0.294. The van der Waals surface area contributed by atoms with Crippen LogP contribution in [0.15, 0.2) is 36.7 Å². The van der Waals surface area contributed by atoms with Crippen LogP contribution in [0.4, 0.5) is 4.39 Å². The second-order valence-electron chi connectivity index (χ2n) is 5.01. The average Bonchev–Trinajstić information content (AvgIpc) is 2.88. The maximum Gasteiger partial charge on any atom is 0.165 e. The van der Waals surface area contributed by atoms with E-state index in [0.29, 0.717) is 17.5 Å². The van der Waals surface area contributed by atoms with Gasteiger partial charge in [-0.15, -0.1) is 0 Å². The SMILES string of the molecule is Fc1cccc(Oc2cnn(C3CCCCC3)c2)c1. The summed E-state index contributed by atoms with van der Waals surface area (Å²) < 4.78 is 20.7. The molecule has 4 heteroatoms. The van der Waals surface area contributed by atoms with Gasteiger partial charge in [-0.25, -0.2) is 4.39 Å². The first-order valence-corrected chi connectivity index (χ1v) is 6.79. The van der Waals surface area contributed by atoms with E-state index in [4.69, 9.17) is 4.74 Å². The zero-order chi connectivity index (χ0) is 13.1. The molecule has 1 aromatic heterocycles. The zero-order valence-corrected chi connectivity index (χ0v) is 10.8. The minimum absolute atomic E-state index is 0.294. The lowest BCUT2D eigenvalue weighted by Gasteiger charge is -2.21. The van der Waals surface area contributed by atoms with Crippen molar-refractivity contribution in [3.05, 3.63) is 42.5 Å². The number of hydrogen-bond acceptors (Lipinski definition) is 2. The van der Waals surface area contributed by atoms with Gasteiger partial charge < -0.3 is 4.74 Å². The van der Waals surface area contributed by atoms with E-state index in [0.717, 1.165) is 0 Å². The molecule has 1 heterocycles. The van der Waals surface area contributed by atoms with Gasteiger partial charge in [-0.05, 0) is 25.0 Å². The summed E-state index contributed by atoms with van der Waals surface area (Å²) in [6.07, 6.45) is 9.82. The number of rotatable bonds is 3. The van der Waals surface area contributed by atoms with E-state index < -0.39 is 0 Å². The minimum Gasteiger partial charge on any atom is -0.454 e. The predicted octanol–water partition coefficient (Wildman–Crippen LogP) is 4.32. The van der Waals surface area contributed by atoms with Crippen LogP contribution in [0.25, 0.3) is 0 Å². The molecule has 0 radical (unpaired) electrons. The number of halogens is 1. The van der Waals surface area contributed by atoms with Gasteiger partial charge in [0.2, 0.25) is 0 Å². The molecule has 0 aliphatic heterocycles. The summed E-state index contributed by atoms with van der Waals surface area (Å²) in [5, 5.41) is 4.36. The Labute approximate surface area is 112 Å². The summed E-state index contributed by atoms with van der Waals surface area (Å²) in [5.74, 6) is 0.872. The lowest BCUT2D eigenvalue weighted by Crippen LogP contribution is -2.12. The summed E-state index contributed by atoms with van der Waals surface area (Å²) in [7, 11) is 0. The summed E-state index contributed by atoms with van der Waals surface area (Å²) in [5.41, 5.74) is 0. The van der Waals surface area contributed by atoms with Gasteiger partial charge in [0.25, 0.3) is 0 Å². The molecular formula is C15H17FN2O. The van der Waals surface area contributed by atoms with E-state index in [1.165, 1.54) is 44.2 Å². The maximum absolute atomic E-state index is 13.1. The van der Waals surface area contributed by atoms with Gasteiger partial charge in [-0.3, -0.25) is 4.68 Å². The Morgan fingerprint density at radius 3 is 2.79 bits per heavy atom. The molecule has 2 aromatic rings. The van der Waals surface area contributed by atoms with E-state index in [9.17, 15) is 4.39 Å². The fourth-order valence-electron chi connectivity index (χ4n) is 2.59. The van der Waals surface area contributed by atoms with Crippen LogP contribution in [0.2, 0.25) is 0 Å². The topological polar surface area (TPSA) is 27.1 Å².